The highest BCUT2D eigenvalue weighted by Gasteiger charge is 2.15. The molecule has 0 saturated carbocycles. The minimum Gasteiger partial charge on any atom is -0.493 e. The summed E-state index contributed by atoms with van der Waals surface area (Å²) in [6, 6.07) is 5.09. The van der Waals surface area contributed by atoms with Gasteiger partial charge in [-0.1, -0.05) is 0 Å². The monoisotopic (exact) mass is 250 g/mol. The maximum absolute atomic E-state index is 10.9. The van der Waals surface area contributed by atoms with E-state index in [2.05, 4.69) is 0 Å². The quantitative estimate of drug-likeness (QED) is 0.892. The topological polar surface area (TPSA) is 55.8 Å². The van der Waals surface area contributed by atoms with Gasteiger partial charge < -0.3 is 14.6 Å². The van der Waals surface area contributed by atoms with Crippen LogP contribution in [0.4, 0.5) is 0 Å². The van der Waals surface area contributed by atoms with E-state index in [1.807, 2.05) is 0 Å². The van der Waals surface area contributed by atoms with Crippen LogP contribution in [-0.2, 0) is 4.74 Å². The van der Waals surface area contributed by atoms with Crippen LogP contribution in [0, 0.1) is 12.8 Å². The normalized spacial score (nSPS) is 16.5. The van der Waals surface area contributed by atoms with Crippen molar-refractivity contribution in [1.82, 2.24) is 0 Å². The SMILES string of the molecule is Cc1cc(OCC2CCOCC2)ccc1C(=O)O. The molecule has 0 aliphatic carbocycles. The van der Waals surface area contributed by atoms with Crippen molar-refractivity contribution in [2.75, 3.05) is 19.8 Å². The molecule has 0 amide bonds. The Labute approximate surface area is 107 Å². The van der Waals surface area contributed by atoms with Crippen LogP contribution in [0.3, 0.4) is 0 Å². The minimum atomic E-state index is -0.900. The second-order valence-corrected chi connectivity index (χ2v) is 4.65. The van der Waals surface area contributed by atoms with Crippen molar-refractivity contribution in [3.8, 4) is 5.75 Å². The lowest BCUT2D eigenvalue weighted by Crippen LogP contribution is -2.21. The highest BCUT2D eigenvalue weighted by Crippen LogP contribution is 2.20. The molecule has 98 valence electrons. The smallest absolute Gasteiger partial charge is 0.335 e. The molecule has 0 bridgehead atoms. The number of aromatic carboxylic acids is 1. The fourth-order valence-electron chi connectivity index (χ4n) is 2.09. The predicted octanol–water partition coefficient (Wildman–Crippen LogP) is 2.50. The fraction of sp³-hybridized carbons (Fsp3) is 0.500. The van der Waals surface area contributed by atoms with Crippen LogP contribution in [0.1, 0.15) is 28.8 Å². The van der Waals surface area contributed by atoms with Gasteiger partial charge in [0.25, 0.3) is 0 Å². The van der Waals surface area contributed by atoms with Gasteiger partial charge in [-0.15, -0.1) is 0 Å². The van der Waals surface area contributed by atoms with Crippen molar-refractivity contribution in [3.63, 3.8) is 0 Å². The van der Waals surface area contributed by atoms with Crippen molar-refractivity contribution in [3.05, 3.63) is 29.3 Å². The summed E-state index contributed by atoms with van der Waals surface area (Å²) in [4.78, 5) is 10.9. The van der Waals surface area contributed by atoms with Gasteiger partial charge in [-0.25, -0.2) is 4.79 Å². The van der Waals surface area contributed by atoms with E-state index in [4.69, 9.17) is 14.6 Å². The second-order valence-electron chi connectivity index (χ2n) is 4.65. The van der Waals surface area contributed by atoms with Gasteiger partial charge in [0.1, 0.15) is 5.75 Å². The lowest BCUT2D eigenvalue weighted by molar-refractivity contribution is 0.0497. The van der Waals surface area contributed by atoms with Crippen LogP contribution < -0.4 is 4.74 Å². The lowest BCUT2D eigenvalue weighted by Gasteiger charge is -2.22. The van der Waals surface area contributed by atoms with Crippen molar-refractivity contribution in [2.45, 2.75) is 19.8 Å². The Kier molecular flexibility index (Phi) is 4.20. The van der Waals surface area contributed by atoms with E-state index in [9.17, 15) is 4.79 Å². The first-order valence-corrected chi connectivity index (χ1v) is 6.21. The number of hydrogen-bond donors (Lipinski definition) is 1. The average molecular weight is 250 g/mol. The molecule has 0 unspecified atom stereocenters. The molecule has 0 aromatic heterocycles. The zero-order valence-corrected chi connectivity index (χ0v) is 10.5. The Morgan fingerprint density at radius 1 is 1.44 bits per heavy atom. The summed E-state index contributed by atoms with van der Waals surface area (Å²) < 4.78 is 11.0. The van der Waals surface area contributed by atoms with E-state index in [-0.39, 0.29) is 0 Å². The number of carbonyl (C=O) groups is 1. The van der Waals surface area contributed by atoms with Crippen LogP contribution in [0.25, 0.3) is 0 Å². The first kappa shape index (κ1) is 12.9. The lowest BCUT2D eigenvalue weighted by atomic mass is 10.0. The van der Waals surface area contributed by atoms with E-state index in [1.54, 1.807) is 25.1 Å². The Morgan fingerprint density at radius 3 is 2.78 bits per heavy atom. The van der Waals surface area contributed by atoms with Crippen LogP contribution >= 0.6 is 0 Å². The molecule has 1 aromatic rings. The van der Waals surface area contributed by atoms with Gasteiger partial charge in [0, 0.05) is 13.2 Å². The summed E-state index contributed by atoms with van der Waals surface area (Å²) in [6.07, 6.45) is 2.07. The van der Waals surface area contributed by atoms with Gasteiger partial charge in [0.05, 0.1) is 12.2 Å². The summed E-state index contributed by atoms with van der Waals surface area (Å²) >= 11 is 0. The van der Waals surface area contributed by atoms with E-state index in [1.165, 1.54) is 0 Å². The summed E-state index contributed by atoms with van der Waals surface area (Å²) in [5.74, 6) is 0.380. The van der Waals surface area contributed by atoms with E-state index < -0.39 is 5.97 Å². The first-order valence-electron chi connectivity index (χ1n) is 6.21. The van der Waals surface area contributed by atoms with Crippen molar-refractivity contribution >= 4 is 5.97 Å². The van der Waals surface area contributed by atoms with Crippen LogP contribution in [-0.4, -0.2) is 30.9 Å². The van der Waals surface area contributed by atoms with Crippen LogP contribution in [0.15, 0.2) is 18.2 Å². The molecule has 0 atom stereocenters. The molecule has 1 N–H and O–H groups in total. The Hall–Kier alpha value is -1.55. The maximum atomic E-state index is 10.9. The van der Waals surface area contributed by atoms with Gasteiger partial charge in [0.2, 0.25) is 0 Å². The molecule has 18 heavy (non-hydrogen) atoms. The van der Waals surface area contributed by atoms with E-state index >= 15 is 0 Å². The van der Waals surface area contributed by atoms with Gasteiger partial charge in [-0.3, -0.25) is 0 Å². The summed E-state index contributed by atoms with van der Waals surface area (Å²) in [6.45, 7) is 4.08. The summed E-state index contributed by atoms with van der Waals surface area (Å²) in [7, 11) is 0. The number of ether oxygens (including phenoxy) is 2. The van der Waals surface area contributed by atoms with Gasteiger partial charge >= 0.3 is 5.97 Å². The van der Waals surface area contributed by atoms with Gasteiger partial charge in [-0.05, 0) is 49.4 Å². The van der Waals surface area contributed by atoms with E-state index in [0.29, 0.717) is 18.1 Å². The molecule has 4 heteroatoms. The van der Waals surface area contributed by atoms with Crippen molar-refractivity contribution in [2.24, 2.45) is 5.92 Å². The number of rotatable bonds is 4. The molecule has 2 rings (SSSR count). The van der Waals surface area contributed by atoms with Crippen LogP contribution in [0.2, 0.25) is 0 Å². The molecule has 4 nitrogen and oxygen atoms in total. The van der Waals surface area contributed by atoms with Crippen molar-refractivity contribution in [1.29, 1.82) is 0 Å². The molecular formula is C14H18O4. The number of carboxylic acids is 1. The molecule has 1 fully saturated rings. The second kappa shape index (κ2) is 5.87. The van der Waals surface area contributed by atoms with Crippen molar-refractivity contribution < 1.29 is 19.4 Å². The molecule has 1 aromatic carbocycles. The number of benzene rings is 1. The third-order valence-electron chi connectivity index (χ3n) is 3.25. The molecule has 1 aliphatic rings. The third-order valence-corrected chi connectivity index (χ3v) is 3.25. The Bertz CT molecular complexity index is 422. The molecule has 0 spiro atoms. The Balaban J connectivity index is 1.93. The molecule has 0 radical (unpaired) electrons. The zero-order chi connectivity index (χ0) is 13.0. The number of carboxylic acid groups (broad SMARTS) is 1. The largest absolute Gasteiger partial charge is 0.493 e. The average Bonchev–Trinajstić information content (AvgIpc) is 2.37. The molecular weight excluding hydrogens is 232 g/mol. The molecule has 1 saturated heterocycles. The Morgan fingerprint density at radius 2 is 2.17 bits per heavy atom. The summed E-state index contributed by atoms with van der Waals surface area (Å²) in [5, 5.41) is 8.94. The van der Waals surface area contributed by atoms with E-state index in [0.717, 1.165) is 37.4 Å². The first-order chi connectivity index (χ1) is 8.66. The molecule has 1 heterocycles. The van der Waals surface area contributed by atoms with Crippen LogP contribution in [0.5, 0.6) is 5.75 Å². The van der Waals surface area contributed by atoms with Gasteiger partial charge in [0.15, 0.2) is 0 Å². The standard InChI is InChI=1S/C14H18O4/c1-10-8-12(2-3-13(10)14(15)16)18-9-11-4-6-17-7-5-11/h2-3,8,11H,4-7,9H2,1H3,(H,15,16). The number of aryl methyl sites for hydroxylation is 1. The number of hydrogen-bond acceptors (Lipinski definition) is 3. The van der Waals surface area contributed by atoms with Gasteiger partial charge in [-0.2, -0.15) is 0 Å². The third kappa shape index (κ3) is 3.23. The summed E-state index contributed by atoms with van der Waals surface area (Å²) in [5.41, 5.74) is 1.06. The maximum Gasteiger partial charge on any atom is 0.335 e. The predicted molar refractivity (Wildman–Crippen MR) is 67.2 cm³/mol. The highest BCUT2D eigenvalue weighted by molar-refractivity contribution is 5.89. The fourth-order valence-corrected chi connectivity index (χ4v) is 2.09. The molecule has 1 aliphatic heterocycles. The minimum absolute atomic E-state index is 0.327. The highest BCUT2D eigenvalue weighted by atomic mass is 16.5. The zero-order valence-electron chi connectivity index (χ0n) is 10.5.